The van der Waals surface area contributed by atoms with Crippen LogP contribution in [0.1, 0.15) is 36.8 Å². The van der Waals surface area contributed by atoms with Crippen molar-refractivity contribution in [2.75, 3.05) is 13.1 Å². The third kappa shape index (κ3) is 2.60. The summed E-state index contributed by atoms with van der Waals surface area (Å²) < 4.78 is 0. The molecule has 2 fully saturated rings. The van der Waals surface area contributed by atoms with E-state index in [9.17, 15) is 0 Å². The molecular weight excluding hydrogens is 220 g/mol. The van der Waals surface area contributed by atoms with Crippen LogP contribution < -0.4 is 5.32 Å². The molecule has 2 nitrogen and oxygen atoms in total. The Kier molecular flexibility index (Phi) is 3.67. The van der Waals surface area contributed by atoms with Crippen LogP contribution >= 0.6 is 0 Å². The summed E-state index contributed by atoms with van der Waals surface area (Å²) in [6.45, 7) is 5.65. The molecule has 1 aliphatic heterocycles. The highest BCUT2D eigenvalue weighted by Gasteiger charge is 2.32. The lowest BCUT2D eigenvalue weighted by Crippen LogP contribution is -2.58. The predicted octanol–water partition coefficient (Wildman–Crippen LogP) is 2.71. The number of piperazine rings is 1. The monoisotopic (exact) mass is 244 g/mol. The van der Waals surface area contributed by atoms with Gasteiger partial charge in [-0.1, -0.05) is 42.7 Å². The summed E-state index contributed by atoms with van der Waals surface area (Å²) in [5.41, 5.74) is 2.82. The lowest BCUT2D eigenvalue weighted by atomic mass is 9.87. The predicted molar refractivity (Wildman–Crippen MR) is 75.6 cm³/mol. The molecule has 2 aliphatic rings. The van der Waals surface area contributed by atoms with E-state index in [0.29, 0.717) is 0 Å². The van der Waals surface area contributed by atoms with E-state index in [1.54, 1.807) is 0 Å². The number of aryl methyl sites for hydroxylation is 1. The van der Waals surface area contributed by atoms with Crippen molar-refractivity contribution >= 4 is 0 Å². The smallest absolute Gasteiger partial charge is 0.0253 e. The molecule has 0 unspecified atom stereocenters. The fraction of sp³-hybridized carbons (Fsp3) is 0.625. The van der Waals surface area contributed by atoms with E-state index in [1.807, 2.05) is 0 Å². The zero-order valence-electron chi connectivity index (χ0n) is 11.4. The minimum Gasteiger partial charge on any atom is -0.311 e. The quantitative estimate of drug-likeness (QED) is 0.860. The van der Waals surface area contributed by atoms with Crippen LogP contribution in [0.4, 0.5) is 0 Å². The lowest BCUT2D eigenvalue weighted by molar-refractivity contribution is 0.0815. The second-order valence-corrected chi connectivity index (χ2v) is 5.87. The number of rotatable bonds is 2. The normalized spacial score (nSPS) is 28.9. The van der Waals surface area contributed by atoms with Crippen LogP contribution in [0.5, 0.6) is 0 Å². The Morgan fingerprint density at radius 2 is 1.94 bits per heavy atom. The Balaban J connectivity index is 1.69. The highest BCUT2D eigenvalue weighted by molar-refractivity contribution is 5.21. The number of nitrogens with zero attached hydrogens (tertiary/aromatic N) is 1. The van der Waals surface area contributed by atoms with Crippen LogP contribution in [0.15, 0.2) is 24.3 Å². The molecule has 1 saturated carbocycles. The molecule has 1 aromatic rings. The highest BCUT2D eigenvalue weighted by atomic mass is 15.2. The van der Waals surface area contributed by atoms with Crippen molar-refractivity contribution in [3.8, 4) is 0 Å². The molecule has 1 saturated heterocycles. The molecule has 98 valence electrons. The average Bonchev–Trinajstić information content (AvgIpc) is 2.42. The number of hydrogen-bond donors (Lipinski definition) is 1. The van der Waals surface area contributed by atoms with Gasteiger partial charge in [0, 0.05) is 31.7 Å². The van der Waals surface area contributed by atoms with Gasteiger partial charge in [0.25, 0.3) is 0 Å². The molecule has 2 heteroatoms. The molecule has 18 heavy (non-hydrogen) atoms. The number of fused-ring (bicyclic) bond motifs is 1. The van der Waals surface area contributed by atoms with Crippen LogP contribution in [0.25, 0.3) is 0 Å². The zero-order chi connectivity index (χ0) is 12.4. The number of nitrogens with one attached hydrogen (secondary N) is 1. The van der Waals surface area contributed by atoms with E-state index in [-0.39, 0.29) is 0 Å². The van der Waals surface area contributed by atoms with Crippen LogP contribution in [0.3, 0.4) is 0 Å². The second-order valence-electron chi connectivity index (χ2n) is 5.87. The van der Waals surface area contributed by atoms with Crippen molar-refractivity contribution < 1.29 is 0 Å². The fourth-order valence-electron chi connectivity index (χ4n) is 3.47. The molecule has 0 spiro atoms. The molecule has 1 aromatic carbocycles. The van der Waals surface area contributed by atoms with Crippen molar-refractivity contribution in [1.29, 1.82) is 0 Å². The van der Waals surface area contributed by atoms with Gasteiger partial charge in [-0.25, -0.2) is 0 Å². The van der Waals surface area contributed by atoms with Gasteiger partial charge < -0.3 is 5.32 Å². The first-order valence-electron chi connectivity index (χ1n) is 7.36. The number of hydrogen-bond acceptors (Lipinski definition) is 2. The fourth-order valence-corrected chi connectivity index (χ4v) is 3.47. The van der Waals surface area contributed by atoms with Gasteiger partial charge >= 0.3 is 0 Å². The van der Waals surface area contributed by atoms with Gasteiger partial charge in [-0.2, -0.15) is 0 Å². The van der Waals surface area contributed by atoms with Gasteiger partial charge in [-0.05, 0) is 25.3 Å². The maximum atomic E-state index is 3.70. The van der Waals surface area contributed by atoms with Gasteiger partial charge in [0.15, 0.2) is 0 Å². The first-order chi connectivity index (χ1) is 8.83. The molecule has 3 rings (SSSR count). The minimum atomic E-state index is 0.748. The third-order valence-electron chi connectivity index (χ3n) is 4.51. The Hall–Kier alpha value is -0.860. The van der Waals surface area contributed by atoms with Crippen LogP contribution in [0.2, 0.25) is 0 Å². The Labute approximate surface area is 110 Å². The topological polar surface area (TPSA) is 15.3 Å². The molecule has 0 bridgehead atoms. The minimum absolute atomic E-state index is 0.748. The molecule has 1 heterocycles. The summed E-state index contributed by atoms with van der Waals surface area (Å²) in [7, 11) is 0. The first-order valence-corrected chi connectivity index (χ1v) is 7.36. The van der Waals surface area contributed by atoms with Gasteiger partial charge in [-0.3, -0.25) is 4.90 Å². The van der Waals surface area contributed by atoms with Gasteiger partial charge in [0.2, 0.25) is 0 Å². The van der Waals surface area contributed by atoms with Gasteiger partial charge in [-0.15, -0.1) is 0 Å². The van der Waals surface area contributed by atoms with Gasteiger partial charge in [0.1, 0.15) is 0 Å². The van der Waals surface area contributed by atoms with Crippen molar-refractivity contribution in [3.63, 3.8) is 0 Å². The van der Waals surface area contributed by atoms with E-state index in [0.717, 1.165) is 25.2 Å². The van der Waals surface area contributed by atoms with Gasteiger partial charge in [0.05, 0.1) is 0 Å². The van der Waals surface area contributed by atoms with Crippen molar-refractivity contribution in [3.05, 3.63) is 35.4 Å². The second kappa shape index (κ2) is 5.41. The molecular formula is C16H24N2. The molecule has 0 aromatic heterocycles. The van der Waals surface area contributed by atoms with Crippen molar-refractivity contribution in [1.82, 2.24) is 10.2 Å². The van der Waals surface area contributed by atoms with Crippen LogP contribution in [-0.2, 0) is 6.54 Å². The molecule has 0 radical (unpaired) electrons. The zero-order valence-corrected chi connectivity index (χ0v) is 11.4. The Bertz CT molecular complexity index is 383. The highest BCUT2D eigenvalue weighted by Crippen LogP contribution is 2.26. The Morgan fingerprint density at radius 1 is 1.17 bits per heavy atom. The lowest BCUT2D eigenvalue weighted by Gasteiger charge is -2.44. The summed E-state index contributed by atoms with van der Waals surface area (Å²) >= 11 is 0. The Morgan fingerprint density at radius 3 is 2.78 bits per heavy atom. The maximum absolute atomic E-state index is 3.70. The largest absolute Gasteiger partial charge is 0.311 e. The number of benzene rings is 1. The third-order valence-corrected chi connectivity index (χ3v) is 4.51. The SMILES string of the molecule is Cc1ccc(CN2CCN[C@H]3CCCC[C@@H]32)cc1. The molecule has 1 aliphatic carbocycles. The summed E-state index contributed by atoms with van der Waals surface area (Å²) in [5.74, 6) is 0. The van der Waals surface area contributed by atoms with Crippen LogP contribution in [0, 0.1) is 6.92 Å². The first kappa shape index (κ1) is 12.2. The standard InChI is InChI=1S/C16H24N2/c1-13-6-8-14(9-7-13)12-18-11-10-17-15-4-2-3-5-16(15)18/h6-9,15-17H,2-5,10-12H2,1H3/t15-,16-/m0/s1. The molecule has 1 N–H and O–H groups in total. The van der Waals surface area contributed by atoms with Crippen LogP contribution in [-0.4, -0.2) is 30.1 Å². The van der Waals surface area contributed by atoms with Crippen molar-refractivity contribution in [2.24, 2.45) is 0 Å². The van der Waals surface area contributed by atoms with E-state index in [1.165, 1.54) is 43.4 Å². The maximum Gasteiger partial charge on any atom is 0.0253 e. The molecule has 2 atom stereocenters. The van der Waals surface area contributed by atoms with E-state index in [2.05, 4.69) is 41.4 Å². The van der Waals surface area contributed by atoms with E-state index < -0.39 is 0 Å². The summed E-state index contributed by atoms with van der Waals surface area (Å²) in [6.07, 6.45) is 5.57. The summed E-state index contributed by atoms with van der Waals surface area (Å²) in [5, 5.41) is 3.70. The molecule has 0 amide bonds. The summed E-state index contributed by atoms with van der Waals surface area (Å²) in [4.78, 5) is 2.70. The average molecular weight is 244 g/mol. The summed E-state index contributed by atoms with van der Waals surface area (Å²) in [6, 6.07) is 10.6. The van der Waals surface area contributed by atoms with Crippen molar-refractivity contribution in [2.45, 2.75) is 51.2 Å². The van der Waals surface area contributed by atoms with E-state index >= 15 is 0 Å². The van der Waals surface area contributed by atoms with E-state index in [4.69, 9.17) is 0 Å².